The first-order valence-corrected chi connectivity index (χ1v) is 6.67. The van der Waals surface area contributed by atoms with Crippen LogP contribution in [0.5, 0.6) is 5.75 Å². The van der Waals surface area contributed by atoms with E-state index in [1.54, 1.807) is 0 Å². The first-order valence-electron chi connectivity index (χ1n) is 6.67. The molecular weight excluding hydrogens is 327 g/mol. The number of ketones is 1. The molecule has 1 aromatic carbocycles. The first-order chi connectivity index (χ1) is 11.2. The van der Waals surface area contributed by atoms with Crippen LogP contribution in [0.1, 0.15) is 10.4 Å². The van der Waals surface area contributed by atoms with E-state index in [-0.39, 0.29) is 6.61 Å². The van der Waals surface area contributed by atoms with Crippen LogP contribution in [0.3, 0.4) is 0 Å². The Labute approximate surface area is 137 Å². The van der Waals surface area contributed by atoms with Gasteiger partial charge in [-0.2, -0.15) is 4.39 Å². The van der Waals surface area contributed by atoms with Crippen molar-refractivity contribution in [1.29, 1.82) is 0 Å². The van der Waals surface area contributed by atoms with Gasteiger partial charge < -0.3 is 14.4 Å². The van der Waals surface area contributed by atoms with E-state index in [1.807, 2.05) is 0 Å². The van der Waals surface area contributed by atoms with E-state index in [9.17, 15) is 22.8 Å². The third-order valence-corrected chi connectivity index (χ3v) is 2.75. The molecule has 0 aliphatic heterocycles. The van der Waals surface area contributed by atoms with Crippen LogP contribution in [-0.4, -0.2) is 44.5 Å². The number of carbonyl (C=O) groups excluding carboxylic acids is 2. The van der Waals surface area contributed by atoms with Crippen molar-refractivity contribution in [2.45, 2.75) is 0 Å². The van der Waals surface area contributed by atoms with Crippen LogP contribution < -0.4 is 4.74 Å². The molecule has 0 bridgehead atoms. The largest absolute Gasteiger partial charge is 0.491 e. The summed E-state index contributed by atoms with van der Waals surface area (Å²) in [5, 5.41) is 0. The zero-order valence-corrected chi connectivity index (χ0v) is 13.4. The van der Waals surface area contributed by atoms with Gasteiger partial charge in [0, 0.05) is 20.3 Å². The molecule has 0 saturated carbocycles. The van der Waals surface area contributed by atoms with E-state index in [0.717, 1.165) is 13.3 Å². The highest BCUT2D eigenvalue weighted by Gasteiger charge is 2.29. The molecule has 5 nitrogen and oxygen atoms in total. The normalized spacial score (nSPS) is 11.0. The number of rotatable bonds is 7. The number of halogens is 3. The molecule has 0 radical (unpaired) electrons. The highest BCUT2D eigenvalue weighted by Crippen LogP contribution is 2.28. The van der Waals surface area contributed by atoms with Gasteiger partial charge in [-0.25, -0.2) is 13.6 Å². The van der Waals surface area contributed by atoms with Crippen molar-refractivity contribution < 1.29 is 32.2 Å². The van der Waals surface area contributed by atoms with Gasteiger partial charge in [0.15, 0.2) is 17.4 Å². The molecule has 0 saturated heterocycles. The van der Waals surface area contributed by atoms with Gasteiger partial charge >= 0.3 is 5.97 Å². The average Bonchev–Trinajstić information content (AvgIpc) is 2.53. The summed E-state index contributed by atoms with van der Waals surface area (Å²) in [4.78, 5) is 25.7. The minimum Gasteiger partial charge on any atom is -0.491 e. The first kappa shape index (κ1) is 19.3. The second-order valence-corrected chi connectivity index (χ2v) is 4.79. The van der Waals surface area contributed by atoms with Gasteiger partial charge in [-0.15, -0.1) is 0 Å². The second-order valence-electron chi connectivity index (χ2n) is 4.79. The molecule has 0 atom stereocenters. The molecule has 0 aromatic heterocycles. The molecule has 0 unspecified atom stereocenters. The van der Waals surface area contributed by atoms with E-state index < -0.39 is 46.1 Å². The van der Waals surface area contributed by atoms with Gasteiger partial charge in [0.2, 0.25) is 11.6 Å². The highest BCUT2D eigenvalue weighted by atomic mass is 19.2. The summed E-state index contributed by atoms with van der Waals surface area (Å²) in [5.41, 5.74) is -1.41. The standard InChI is InChI=1S/C16H16F3NO4/c1-5-6-24-16(22)10(8-20(2)3)14(21)9-7-11(17)13(19)15(23-4)12(9)18/h5,7-8H,1,6H2,2-4H3. The van der Waals surface area contributed by atoms with Gasteiger partial charge in [-0.1, -0.05) is 12.7 Å². The molecule has 130 valence electrons. The van der Waals surface area contributed by atoms with Crippen molar-refractivity contribution in [1.82, 2.24) is 4.90 Å². The third-order valence-electron chi connectivity index (χ3n) is 2.75. The number of hydrogen-bond acceptors (Lipinski definition) is 5. The molecule has 0 aliphatic carbocycles. The molecule has 0 spiro atoms. The molecule has 0 aliphatic rings. The number of carbonyl (C=O) groups is 2. The van der Waals surface area contributed by atoms with E-state index in [0.29, 0.717) is 6.07 Å². The maximum atomic E-state index is 14.2. The Morgan fingerprint density at radius 1 is 1.25 bits per heavy atom. The lowest BCUT2D eigenvalue weighted by molar-refractivity contribution is -0.137. The maximum absolute atomic E-state index is 14.2. The molecule has 24 heavy (non-hydrogen) atoms. The molecule has 0 fully saturated rings. The maximum Gasteiger partial charge on any atom is 0.343 e. The zero-order valence-electron chi connectivity index (χ0n) is 13.4. The van der Waals surface area contributed by atoms with Gasteiger partial charge in [0.05, 0.1) is 12.7 Å². The minimum absolute atomic E-state index is 0.180. The van der Waals surface area contributed by atoms with Crippen molar-refractivity contribution in [3.63, 3.8) is 0 Å². The molecule has 0 amide bonds. The zero-order chi connectivity index (χ0) is 18.4. The Balaban J connectivity index is 3.42. The number of Topliss-reactive ketones (excluding diaryl/α,β-unsaturated/α-hetero) is 1. The molecule has 0 N–H and O–H groups in total. The van der Waals surface area contributed by atoms with Crippen LogP contribution in [-0.2, 0) is 9.53 Å². The molecule has 0 heterocycles. The minimum atomic E-state index is -1.57. The predicted octanol–water partition coefficient (Wildman–Crippen LogP) is 2.47. The van der Waals surface area contributed by atoms with E-state index in [4.69, 9.17) is 4.74 Å². The lowest BCUT2D eigenvalue weighted by Gasteiger charge is -2.13. The topological polar surface area (TPSA) is 55.8 Å². The van der Waals surface area contributed by atoms with Crippen molar-refractivity contribution in [3.8, 4) is 5.75 Å². The van der Waals surface area contributed by atoms with Crippen LogP contribution >= 0.6 is 0 Å². The molecular formula is C16H16F3NO4. The summed E-state index contributed by atoms with van der Waals surface area (Å²) < 4.78 is 50.4. The predicted molar refractivity (Wildman–Crippen MR) is 80.1 cm³/mol. The fourth-order valence-corrected chi connectivity index (χ4v) is 1.74. The summed E-state index contributed by atoms with van der Waals surface area (Å²) in [6, 6.07) is 0.361. The number of hydrogen-bond donors (Lipinski definition) is 0. The van der Waals surface area contributed by atoms with E-state index in [1.165, 1.54) is 25.1 Å². The Hall–Kier alpha value is -2.77. The van der Waals surface area contributed by atoms with Gasteiger partial charge in [-0.3, -0.25) is 4.79 Å². The number of ether oxygens (including phenoxy) is 2. The highest BCUT2D eigenvalue weighted by molar-refractivity contribution is 6.24. The summed E-state index contributed by atoms with van der Waals surface area (Å²) >= 11 is 0. The number of nitrogens with zero attached hydrogens (tertiary/aromatic N) is 1. The molecule has 8 heteroatoms. The van der Waals surface area contributed by atoms with Gasteiger partial charge in [0.25, 0.3) is 0 Å². The summed E-state index contributed by atoms with van der Waals surface area (Å²) in [6.45, 7) is 3.17. The van der Waals surface area contributed by atoms with Gasteiger partial charge in [-0.05, 0) is 6.07 Å². The number of benzene rings is 1. The molecule has 1 rings (SSSR count). The van der Waals surface area contributed by atoms with Crippen LogP contribution in [0.15, 0.2) is 30.5 Å². The summed E-state index contributed by atoms with van der Waals surface area (Å²) in [5.74, 6) is -7.76. The Kier molecular flexibility index (Phi) is 6.58. The van der Waals surface area contributed by atoms with E-state index >= 15 is 0 Å². The Bertz CT molecular complexity index is 699. The average molecular weight is 343 g/mol. The van der Waals surface area contributed by atoms with Crippen molar-refractivity contribution in [2.24, 2.45) is 0 Å². The van der Waals surface area contributed by atoms with Crippen LogP contribution in [0.4, 0.5) is 13.2 Å². The fourth-order valence-electron chi connectivity index (χ4n) is 1.74. The monoisotopic (exact) mass is 343 g/mol. The quantitative estimate of drug-likeness (QED) is 0.145. The lowest BCUT2D eigenvalue weighted by Crippen LogP contribution is -2.21. The number of methoxy groups -OCH3 is 1. The van der Waals surface area contributed by atoms with Crippen molar-refractivity contribution in [2.75, 3.05) is 27.8 Å². The smallest absolute Gasteiger partial charge is 0.343 e. The fraction of sp³-hybridized carbons (Fsp3) is 0.250. The number of esters is 1. The molecule has 1 aromatic rings. The van der Waals surface area contributed by atoms with Crippen LogP contribution in [0.2, 0.25) is 0 Å². The lowest BCUT2D eigenvalue weighted by atomic mass is 10.0. The summed E-state index contributed by atoms with van der Waals surface area (Å²) in [7, 11) is 3.94. The SMILES string of the molecule is C=CCOC(=O)C(=CN(C)C)C(=O)c1cc(F)c(F)c(OC)c1F. The van der Waals surface area contributed by atoms with Crippen molar-refractivity contribution >= 4 is 11.8 Å². The second kappa shape index (κ2) is 8.19. The third kappa shape index (κ3) is 4.15. The van der Waals surface area contributed by atoms with E-state index in [2.05, 4.69) is 11.3 Å². The van der Waals surface area contributed by atoms with Crippen LogP contribution in [0, 0.1) is 17.5 Å². The Morgan fingerprint density at radius 2 is 1.88 bits per heavy atom. The summed E-state index contributed by atoms with van der Waals surface area (Å²) in [6.07, 6.45) is 2.36. The van der Waals surface area contributed by atoms with Gasteiger partial charge in [0.1, 0.15) is 12.2 Å². The van der Waals surface area contributed by atoms with Crippen LogP contribution in [0.25, 0.3) is 0 Å². The Morgan fingerprint density at radius 3 is 2.38 bits per heavy atom. The van der Waals surface area contributed by atoms with Crippen molar-refractivity contribution in [3.05, 3.63) is 53.5 Å².